The van der Waals surface area contributed by atoms with Crippen molar-refractivity contribution < 1.29 is 0 Å². The Morgan fingerprint density at radius 1 is 0.237 bits per heavy atom. The number of hydrogen-bond acceptors (Lipinski definition) is 0. The van der Waals surface area contributed by atoms with Crippen LogP contribution in [-0.4, -0.2) is 0 Å². The van der Waals surface area contributed by atoms with Gasteiger partial charge >= 0.3 is 0 Å². The largest absolute Gasteiger partial charge is 0.0654 e. The Kier molecular flexibility index (Phi) is 33.2. The van der Waals surface area contributed by atoms with E-state index in [0.717, 1.165) is 11.8 Å². The Labute approximate surface area is 244 Å². The van der Waals surface area contributed by atoms with Crippen molar-refractivity contribution in [2.45, 2.75) is 233 Å². The van der Waals surface area contributed by atoms with Crippen LogP contribution in [0.5, 0.6) is 0 Å². The molecule has 0 aromatic rings. The van der Waals surface area contributed by atoms with Crippen LogP contribution in [0.4, 0.5) is 0 Å². The zero-order valence-electron chi connectivity index (χ0n) is 27.8. The van der Waals surface area contributed by atoms with Crippen LogP contribution >= 0.6 is 0 Å². The number of rotatable bonds is 33. The first kappa shape index (κ1) is 38.0. The summed E-state index contributed by atoms with van der Waals surface area (Å²) in [6.45, 7) is 9.42. The van der Waals surface area contributed by atoms with Gasteiger partial charge in [0.05, 0.1) is 0 Å². The summed E-state index contributed by atoms with van der Waals surface area (Å²) in [6, 6.07) is 0. The molecule has 0 spiro atoms. The van der Waals surface area contributed by atoms with E-state index in [4.69, 9.17) is 0 Å². The molecule has 0 fully saturated rings. The molecule has 0 aromatic heterocycles. The molecule has 0 radical (unpaired) electrons. The van der Waals surface area contributed by atoms with Gasteiger partial charge in [-0.15, -0.1) is 0 Å². The van der Waals surface area contributed by atoms with Gasteiger partial charge in [-0.05, 0) is 11.8 Å². The lowest BCUT2D eigenvalue weighted by Gasteiger charge is -2.19. The normalized spacial score (nSPS) is 13.3. The Hall–Kier alpha value is 0. The Bertz CT molecular complexity index is 399. The highest BCUT2D eigenvalue weighted by molar-refractivity contribution is 4.64. The second-order valence-electron chi connectivity index (χ2n) is 13.2. The third-order valence-electron chi connectivity index (χ3n) is 9.45. The molecule has 2 atom stereocenters. The molecule has 0 saturated carbocycles. The van der Waals surface area contributed by atoms with E-state index in [0.29, 0.717) is 0 Å². The Morgan fingerprint density at radius 3 is 0.711 bits per heavy atom. The molecule has 0 N–H and O–H groups in total. The molecular formula is C38H78. The molecule has 0 aromatic carbocycles. The van der Waals surface area contributed by atoms with Gasteiger partial charge in [-0.2, -0.15) is 0 Å². The lowest BCUT2D eigenvalue weighted by Crippen LogP contribution is -2.03. The molecule has 0 heteroatoms. The lowest BCUT2D eigenvalue weighted by atomic mass is 9.87. The van der Waals surface area contributed by atoms with Gasteiger partial charge in [-0.3, -0.25) is 0 Å². The van der Waals surface area contributed by atoms with E-state index in [9.17, 15) is 0 Å². The highest BCUT2D eigenvalue weighted by atomic mass is 14.2. The first-order valence-corrected chi connectivity index (χ1v) is 18.8. The minimum atomic E-state index is 1.01. The zero-order chi connectivity index (χ0) is 27.8. The van der Waals surface area contributed by atoms with Crippen LogP contribution in [0.15, 0.2) is 0 Å². The summed E-state index contributed by atoms with van der Waals surface area (Å²) < 4.78 is 0. The monoisotopic (exact) mass is 535 g/mol. The van der Waals surface area contributed by atoms with Crippen molar-refractivity contribution >= 4 is 0 Å². The molecule has 38 heavy (non-hydrogen) atoms. The third-order valence-corrected chi connectivity index (χ3v) is 9.45. The van der Waals surface area contributed by atoms with Crippen LogP contribution in [0.3, 0.4) is 0 Å². The second kappa shape index (κ2) is 33.2. The molecule has 230 valence electrons. The Balaban J connectivity index is 3.97. The van der Waals surface area contributed by atoms with E-state index in [2.05, 4.69) is 27.7 Å². The topological polar surface area (TPSA) is 0 Å². The van der Waals surface area contributed by atoms with Gasteiger partial charge < -0.3 is 0 Å². The van der Waals surface area contributed by atoms with Crippen molar-refractivity contribution in [3.8, 4) is 0 Å². The molecular weight excluding hydrogens is 456 g/mol. The first-order chi connectivity index (χ1) is 18.8. The van der Waals surface area contributed by atoms with E-state index >= 15 is 0 Å². The third kappa shape index (κ3) is 29.0. The summed E-state index contributed by atoms with van der Waals surface area (Å²) >= 11 is 0. The zero-order valence-corrected chi connectivity index (χ0v) is 27.8. The van der Waals surface area contributed by atoms with Gasteiger partial charge in [0.1, 0.15) is 0 Å². The smallest absolute Gasteiger partial charge is 0.0414 e. The molecule has 0 aliphatic carbocycles. The first-order valence-electron chi connectivity index (χ1n) is 18.8. The van der Waals surface area contributed by atoms with E-state index in [1.165, 1.54) is 205 Å². The quantitative estimate of drug-likeness (QED) is 0.0734. The van der Waals surface area contributed by atoms with Crippen molar-refractivity contribution in [1.29, 1.82) is 0 Å². The maximum Gasteiger partial charge on any atom is -0.0414 e. The summed E-state index contributed by atoms with van der Waals surface area (Å²) in [5.41, 5.74) is 0. The van der Waals surface area contributed by atoms with Crippen LogP contribution < -0.4 is 0 Å². The van der Waals surface area contributed by atoms with Crippen LogP contribution in [0.2, 0.25) is 0 Å². The molecule has 0 heterocycles. The van der Waals surface area contributed by atoms with Gasteiger partial charge in [-0.25, -0.2) is 0 Å². The van der Waals surface area contributed by atoms with E-state index in [1.807, 2.05) is 0 Å². The van der Waals surface area contributed by atoms with Crippen molar-refractivity contribution in [2.24, 2.45) is 11.8 Å². The van der Waals surface area contributed by atoms with Gasteiger partial charge in [-0.1, -0.05) is 233 Å². The molecule has 0 nitrogen and oxygen atoms in total. The number of unbranched alkanes of at least 4 members (excludes halogenated alkanes) is 22. The van der Waals surface area contributed by atoms with Gasteiger partial charge in [0.2, 0.25) is 0 Å². The standard InChI is InChI=1S/C38H78/c1-5-9-12-15-18-20-21-23-25-27-32-37(8-4)33-30-31-36-38(34-28-24-17-14-11-7-3)35-29-26-22-19-16-13-10-6-2/h37-38H,5-36H2,1-4H3. The SMILES string of the molecule is CCCCCCCCCCCCC(CC)CCCCC(CCCCCCCC)CCCCCCCCCC. The summed E-state index contributed by atoms with van der Waals surface area (Å²) in [5, 5.41) is 0. The Morgan fingerprint density at radius 2 is 0.447 bits per heavy atom. The van der Waals surface area contributed by atoms with Gasteiger partial charge in [0, 0.05) is 0 Å². The second-order valence-corrected chi connectivity index (χ2v) is 13.2. The summed E-state index contributed by atoms with van der Waals surface area (Å²) in [6.07, 6.45) is 47.2. The summed E-state index contributed by atoms with van der Waals surface area (Å²) in [5.74, 6) is 2.04. The van der Waals surface area contributed by atoms with Crippen molar-refractivity contribution in [3.63, 3.8) is 0 Å². The van der Waals surface area contributed by atoms with Gasteiger partial charge in [0.25, 0.3) is 0 Å². The van der Waals surface area contributed by atoms with E-state index < -0.39 is 0 Å². The highest BCUT2D eigenvalue weighted by Crippen LogP contribution is 2.27. The molecule has 0 bridgehead atoms. The maximum absolute atomic E-state index is 2.45. The van der Waals surface area contributed by atoms with E-state index in [-0.39, 0.29) is 0 Å². The average Bonchev–Trinajstić information content (AvgIpc) is 2.93. The van der Waals surface area contributed by atoms with Crippen LogP contribution in [0.25, 0.3) is 0 Å². The minimum Gasteiger partial charge on any atom is -0.0654 e. The van der Waals surface area contributed by atoms with Crippen molar-refractivity contribution in [2.75, 3.05) is 0 Å². The predicted octanol–water partition coefficient (Wildman–Crippen LogP) is 14.8. The van der Waals surface area contributed by atoms with E-state index in [1.54, 1.807) is 0 Å². The molecule has 2 unspecified atom stereocenters. The fourth-order valence-corrected chi connectivity index (χ4v) is 6.55. The minimum absolute atomic E-state index is 1.01. The van der Waals surface area contributed by atoms with Crippen LogP contribution in [-0.2, 0) is 0 Å². The van der Waals surface area contributed by atoms with Crippen LogP contribution in [0, 0.1) is 11.8 Å². The molecule has 0 saturated heterocycles. The molecule has 0 aliphatic rings. The van der Waals surface area contributed by atoms with Crippen LogP contribution in [0.1, 0.15) is 233 Å². The average molecular weight is 535 g/mol. The molecule has 0 aliphatic heterocycles. The maximum atomic E-state index is 2.45. The van der Waals surface area contributed by atoms with Crippen molar-refractivity contribution in [3.05, 3.63) is 0 Å². The number of hydrogen-bond donors (Lipinski definition) is 0. The molecule has 0 amide bonds. The summed E-state index contributed by atoms with van der Waals surface area (Å²) in [4.78, 5) is 0. The lowest BCUT2D eigenvalue weighted by molar-refractivity contribution is 0.347. The summed E-state index contributed by atoms with van der Waals surface area (Å²) in [7, 11) is 0. The highest BCUT2D eigenvalue weighted by Gasteiger charge is 2.11. The van der Waals surface area contributed by atoms with Crippen molar-refractivity contribution in [1.82, 2.24) is 0 Å². The predicted molar refractivity (Wildman–Crippen MR) is 177 cm³/mol. The van der Waals surface area contributed by atoms with Gasteiger partial charge in [0.15, 0.2) is 0 Å². The molecule has 0 rings (SSSR count). The fraction of sp³-hybridized carbons (Fsp3) is 1.00. The fourth-order valence-electron chi connectivity index (χ4n) is 6.55.